The molecule has 1 atom stereocenters. The summed E-state index contributed by atoms with van der Waals surface area (Å²) in [5, 5.41) is 9.07. The number of carbonyl (C=O) groups is 3. The van der Waals surface area contributed by atoms with Gasteiger partial charge in [0.1, 0.15) is 5.75 Å². The monoisotopic (exact) mass is 502 g/mol. The lowest BCUT2D eigenvalue weighted by molar-refractivity contribution is -0.139. The number of para-hydroxylation sites is 1. The van der Waals surface area contributed by atoms with Crippen LogP contribution in [0.4, 0.5) is 5.69 Å². The summed E-state index contributed by atoms with van der Waals surface area (Å²) in [6.07, 6.45) is 3.08. The second kappa shape index (κ2) is 12.0. The molecular weight excluding hydrogens is 480 g/mol. The lowest BCUT2D eigenvalue weighted by Gasteiger charge is -2.10. The van der Waals surface area contributed by atoms with Crippen LogP contribution in [-0.2, 0) is 19.1 Å². The molecule has 2 aromatic rings. The number of hydrogen-bond donors (Lipinski definition) is 3. The third kappa shape index (κ3) is 7.47. The first-order chi connectivity index (χ1) is 15.5. The molecule has 2 aromatic carbocycles. The molecule has 1 aliphatic rings. The zero-order chi connectivity index (χ0) is 22.8. The molecule has 3 amide bonds. The number of nitrogens with one attached hydrogen (secondary N) is 3. The van der Waals surface area contributed by atoms with Crippen LogP contribution in [0.5, 0.6) is 5.75 Å². The first kappa shape index (κ1) is 23.4. The highest BCUT2D eigenvalue weighted by Gasteiger charge is 2.19. The van der Waals surface area contributed by atoms with Crippen molar-refractivity contribution in [2.24, 2.45) is 5.10 Å². The fourth-order valence-electron chi connectivity index (χ4n) is 2.92. The summed E-state index contributed by atoms with van der Waals surface area (Å²) in [4.78, 5) is 35.9. The highest BCUT2D eigenvalue weighted by Crippen LogP contribution is 2.22. The van der Waals surface area contributed by atoms with Gasteiger partial charge in [-0.3, -0.25) is 14.4 Å². The molecule has 1 heterocycles. The Morgan fingerprint density at radius 3 is 2.72 bits per heavy atom. The molecular formula is C22H23BrN4O5. The predicted octanol–water partition coefficient (Wildman–Crippen LogP) is 2.21. The van der Waals surface area contributed by atoms with Crippen LogP contribution in [0.1, 0.15) is 18.4 Å². The second-order valence-electron chi connectivity index (χ2n) is 6.93. The van der Waals surface area contributed by atoms with Gasteiger partial charge in [0.2, 0.25) is 0 Å². The van der Waals surface area contributed by atoms with Crippen LogP contribution >= 0.6 is 15.9 Å². The van der Waals surface area contributed by atoms with Crippen molar-refractivity contribution in [1.82, 2.24) is 10.7 Å². The molecule has 0 spiro atoms. The summed E-state index contributed by atoms with van der Waals surface area (Å²) in [6, 6.07) is 14.2. The summed E-state index contributed by atoms with van der Waals surface area (Å²) in [5.74, 6) is -1.62. The quantitative estimate of drug-likeness (QED) is 0.290. The number of hydrazone groups is 1. The normalized spacial score (nSPS) is 15.3. The molecule has 168 valence electrons. The van der Waals surface area contributed by atoms with Crippen molar-refractivity contribution in [3.05, 3.63) is 58.6 Å². The van der Waals surface area contributed by atoms with Crippen LogP contribution in [0, 0.1) is 0 Å². The van der Waals surface area contributed by atoms with E-state index in [1.165, 1.54) is 6.21 Å². The van der Waals surface area contributed by atoms with Gasteiger partial charge in [0.15, 0.2) is 6.61 Å². The largest absolute Gasteiger partial charge is 0.483 e. The number of anilines is 1. The molecule has 0 unspecified atom stereocenters. The molecule has 0 bridgehead atoms. The fourth-order valence-corrected chi connectivity index (χ4v) is 3.30. The van der Waals surface area contributed by atoms with Crippen LogP contribution < -0.4 is 20.8 Å². The van der Waals surface area contributed by atoms with E-state index in [0.717, 1.165) is 17.3 Å². The van der Waals surface area contributed by atoms with Crippen molar-refractivity contribution in [2.75, 3.05) is 25.1 Å². The number of hydrogen-bond acceptors (Lipinski definition) is 6. The lowest BCUT2D eigenvalue weighted by atomic mass is 10.2. The van der Waals surface area contributed by atoms with Crippen molar-refractivity contribution in [2.45, 2.75) is 18.9 Å². The van der Waals surface area contributed by atoms with Crippen molar-refractivity contribution in [1.29, 1.82) is 0 Å². The highest BCUT2D eigenvalue weighted by atomic mass is 79.9. The van der Waals surface area contributed by atoms with Crippen molar-refractivity contribution in [3.63, 3.8) is 0 Å². The minimum absolute atomic E-state index is 0.0595. The summed E-state index contributed by atoms with van der Waals surface area (Å²) in [5.41, 5.74) is 3.35. The first-order valence-corrected chi connectivity index (χ1v) is 10.8. The van der Waals surface area contributed by atoms with E-state index in [4.69, 9.17) is 9.47 Å². The summed E-state index contributed by atoms with van der Waals surface area (Å²) >= 11 is 3.36. The third-order valence-electron chi connectivity index (χ3n) is 4.48. The van der Waals surface area contributed by atoms with Crippen LogP contribution in [0.3, 0.4) is 0 Å². The molecule has 0 saturated carbocycles. The lowest BCUT2D eigenvalue weighted by Crippen LogP contribution is -2.41. The van der Waals surface area contributed by atoms with Gasteiger partial charge in [-0.2, -0.15) is 5.10 Å². The van der Waals surface area contributed by atoms with E-state index in [9.17, 15) is 14.4 Å². The van der Waals surface area contributed by atoms with Crippen LogP contribution in [-0.4, -0.2) is 49.8 Å². The summed E-state index contributed by atoms with van der Waals surface area (Å²) < 4.78 is 11.7. The van der Waals surface area contributed by atoms with Gasteiger partial charge in [-0.1, -0.05) is 34.1 Å². The van der Waals surface area contributed by atoms with Gasteiger partial charge in [-0.05, 0) is 43.2 Å². The van der Waals surface area contributed by atoms with E-state index >= 15 is 0 Å². The molecule has 0 radical (unpaired) electrons. The molecule has 3 rings (SSSR count). The Bertz CT molecular complexity index is 978. The Balaban J connectivity index is 1.51. The molecule has 1 aliphatic heterocycles. The molecule has 1 fully saturated rings. The molecule has 1 saturated heterocycles. The number of amides is 3. The number of carbonyl (C=O) groups excluding carboxylic acids is 3. The van der Waals surface area contributed by atoms with Crippen LogP contribution in [0.25, 0.3) is 0 Å². The van der Waals surface area contributed by atoms with E-state index in [-0.39, 0.29) is 25.2 Å². The maximum Gasteiger partial charge on any atom is 0.329 e. The zero-order valence-corrected chi connectivity index (χ0v) is 18.8. The average molecular weight is 503 g/mol. The van der Waals surface area contributed by atoms with Gasteiger partial charge in [-0.15, -0.1) is 0 Å². The van der Waals surface area contributed by atoms with Gasteiger partial charge in [0, 0.05) is 28.9 Å². The Labute approximate surface area is 193 Å². The van der Waals surface area contributed by atoms with Gasteiger partial charge >= 0.3 is 11.8 Å². The average Bonchev–Trinajstić information content (AvgIpc) is 3.31. The smallest absolute Gasteiger partial charge is 0.329 e. The van der Waals surface area contributed by atoms with Crippen molar-refractivity contribution < 1.29 is 23.9 Å². The fraction of sp³-hybridized carbons (Fsp3) is 0.273. The first-order valence-electron chi connectivity index (χ1n) is 10.0. The van der Waals surface area contributed by atoms with Gasteiger partial charge in [-0.25, -0.2) is 5.43 Å². The summed E-state index contributed by atoms with van der Waals surface area (Å²) in [7, 11) is 0. The minimum Gasteiger partial charge on any atom is -0.483 e. The SMILES string of the molecule is O=C(COc1ccc(Br)cc1/C=N\NC(=O)C(=O)NC[C@H]1CCCO1)Nc1ccccc1. The third-order valence-corrected chi connectivity index (χ3v) is 4.97. The second-order valence-corrected chi connectivity index (χ2v) is 7.84. The maximum absolute atomic E-state index is 12.1. The van der Waals surface area contributed by atoms with E-state index in [2.05, 4.69) is 37.1 Å². The van der Waals surface area contributed by atoms with Gasteiger partial charge < -0.3 is 20.1 Å². The Morgan fingerprint density at radius 2 is 1.97 bits per heavy atom. The zero-order valence-electron chi connectivity index (χ0n) is 17.2. The van der Waals surface area contributed by atoms with Crippen molar-refractivity contribution in [3.8, 4) is 5.75 Å². The van der Waals surface area contributed by atoms with E-state index < -0.39 is 11.8 Å². The Hall–Kier alpha value is -3.24. The van der Waals surface area contributed by atoms with Crippen LogP contribution in [0.15, 0.2) is 58.1 Å². The Morgan fingerprint density at radius 1 is 1.16 bits per heavy atom. The Kier molecular flexibility index (Phi) is 8.76. The highest BCUT2D eigenvalue weighted by molar-refractivity contribution is 9.10. The molecule has 9 nitrogen and oxygen atoms in total. The van der Waals surface area contributed by atoms with Gasteiger partial charge in [0.05, 0.1) is 12.3 Å². The molecule has 32 heavy (non-hydrogen) atoms. The van der Waals surface area contributed by atoms with Gasteiger partial charge in [0.25, 0.3) is 5.91 Å². The minimum atomic E-state index is -0.890. The number of ether oxygens (including phenoxy) is 2. The number of halogens is 1. The van der Waals surface area contributed by atoms with E-state index in [0.29, 0.717) is 23.6 Å². The molecule has 10 heteroatoms. The van der Waals surface area contributed by atoms with Crippen molar-refractivity contribution >= 4 is 45.6 Å². The molecule has 0 aromatic heterocycles. The maximum atomic E-state index is 12.1. The standard InChI is InChI=1S/C22H23BrN4O5/c23-16-8-9-19(32-14-20(28)26-17-5-2-1-3-6-17)15(11-16)12-25-27-22(30)21(29)24-13-18-7-4-10-31-18/h1-3,5-6,8-9,11-12,18H,4,7,10,13-14H2,(H,24,29)(H,26,28)(H,27,30)/b25-12-/t18-/m1/s1. The summed E-state index contributed by atoms with van der Waals surface area (Å²) in [6.45, 7) is 0.738. The van der Waals surface area contributed by atoms with E-state index in [1.54, 1.807) is 30.3 Å². The molecule has 0 aliphatic carbocycles. The predicted molar refractivity (Wildman–Crippen MR) is 122 cm³/mol. The number of rotatable bonds is 8. The van der Waals surface area contributed by atoms with E-state index in [1.807, 2.05) is 18.2 Å². The number of benzene rings is 2. The number of nitrogens with zero attached hydrogens (tertiary/aromatic N) is 1. The molecule has 3 N–H and O–H groups in total. The topological polar surface area (TPSA) is 118 Å². The van der Waals surface area contributed by atoms with Crippen LogP contribution in [0.2, 0.25) is 0 Å².